The highest BCUT2D eigenvalue weighted by molar-refractivity contribution is 7.09. The first-order chi connectivity index (χ1) is 10.6. The fourth-order valence-electron chi connectivity index (χ4n) is 2.82. The van der Waals surface area contributed by atoms with Crippen molar-refractivity contribution in [1.82, 2.24) is 15.2 Å². The van der Waals surface area contributed by atoms with Gasteiger partial charge in [0.25, 0.3) is 11.8 Å². The Labute approximate surface area is 131 Å². The molecule has 4 rings (SSSR count). The van der Waals surface area contributed by atoms with E-state index in [0.717, 1.165) is 17.8 Å². The summed E-state index contributed by atoms with van der Waals surface area (Å²) in [7, 11) is 0. The van der Waals surface area contributed by atoms with Crippen LogP contribution in [0.2, 0.25) is 0 Å². The molecule has 3 aliphatic rings. The Hall–Kier alpha value is -1.96. The molecule has 3 heterocycles. The monoisotopic (exact) mass is 320 g/mol. The third-order valence-corrected chi connectivity index (χ3v) is 4.95. The lowest BCUT2D eigenvalue weighted by Crippen LogP contribution is -2.38. The maximum atomic E-state index is 12.4. The van der Waals surface area contributed by atoms with Gasteiger partial charge in [-0.05, 0) is 19.8 Å². The number of hydrogen-bond acceptors (Lipinski definition) is 6. The highest BCUT2D eigenvalue weighted by atomic mass is 32.1. The SMILES string of the molecule is Cc1nc(C(=O)N2C[C@@H]3C(C(=O)NC4CC4)=NO[C@@H]3C2)cs1. The van der Waals surface area contributed by atoms with Crippen LogP contribution in [-0.4, -0.2) is 52.6 Å². The Bertz CT molecular complexity index is 667. The van der Waals surface area contributed by atoms with Crippen LogP contribution < -0.4 is 5.32 Å². The second-order valence-electron chi connectivity index (χ2n) is 5.94. The van der Waals surface area contributed by atoms with E-state index in [0.29, 0.717) is 24.5 Å². The third kappa shape index (κ3) is 2.37. The summed E-state index contributed by atoms with van der Waals surface area (Å²) in [5, 5.41) is 9.48. The molecule has 2 fully saturated rings. The number of hydrogen-bond donors (Lipinski definition) is 1. The lowest BCUT2D eigenvalue weighted by Gasteiger charge is -2.15. The number of carbonyl (C=O) groups excluding carboxylic acids is 2. The van der Waals surface area contributed by atoms with Gasteiger partial charge >= 0.3 is 0 Å². The van der Waals surface area contributed by atoms with Gasteiger partial charge in [0.05, 0.1) is 17.5 Å². The van der Waals surface area contributed by atoms with Crippen molar-refractivity contribution >= 4 is 28.9 Å². The molecule has 2 atom stereocenters. The van der Waals surface area contributed by atoms with Crippen LogP contribution in [0.25, 0.3) is 0 Å². The molecule has 0 radical (unpaired) electrons. The van der Waals surface area contributed by atoms with Crippen molar-refractivity contribution in [1.29, 1.82) is 0 Å². The number of carbonyl (C=O) groups is 2. The molecule has 2 amide bonds. The van der Waals surface area contributed by atoms with Gasteiger partial charge in [0.1, 0.15) is 5.69 Å². The van der Waals surface area contributed by atoms with E-state index in [1.54, 1.807) is 10.3 Å². The molecule has 1 saturated heterocycles. The zero-order valence-corrected chi connectivity index (χ0v) is 12.9. The molecule has 0 aromatic carbocycles. The maximum Gasteiger partial charge on any atom is 0.273 e. The summed E-state index contributed by atoms with van der Waals surface area (Å²) in [5.74, 6) is -0.402. The molecule has 1 saturated carbocycles. The van der Waals surface area contributed by atoms with Gasteiger partial charge in [-0.2, -0.15) is 0 Å². The summed E-state index contributed by atoms with van der Waals surface area (Å²) in [6.07, 6.45) is 1.84. The quantitative estimate of drug-likeness (QED) is 0.882. The van der Waals surface area contributed by atoms with Crippen molar-refractivity contribution in [3.05, 3.63) is 16.1 Å². The summed E-state index contributed by atoms with van der Waals surface area (Å²) in [5.41, 5.74) is 0.880. The third-order valence-electron chi connectivity index (χ3n) is 4.17. The number of rotatable bonds is 3. The van der Waals surface area contributed by atoms with Gasteiger partial charge in [0.15, 0.2) is 11.8 Å². The van der Waals surface area contributed by atoms with Gasteiger partial charge in [-0.3, -0.25) is 9.59 Å². The molecule has 0 spiro atoms. The molecule has 8 heteroatoms. The van der Waals surface area contributed by atoms with E-state index in [1.807, 2.05) is 6.92 Å². The second kappa shape index (κ2) is 5.05. The molecule has 1 aromatic rings. The predicted molar refractivity (Wildman–Crippen MR) is 79.7 cm³/mol. The number of oxime groups is 1. The van der Waals surface area contributed by atoms with Crippen molar-refractivity contribution in [3.8, 4) is 0 Å². The molecule has 1 aliphatic carbocycles. The average molecular weight is 320 g/mol. The lowest BCUT2D eigenvalue weighted by molar-refractivity contribution is -0.115. The van der Waals surface area contributed by atoms with E-state index in [-0.39, 0.29) is 29.9 Å². The number of nitrogens with zero attached hydrogens (tertiary/aromatic N) is 3. The van der Waals surface area contributed by atoms with Gasteiger partial charge in [-0.15, -0.1) is 11.3 Å². The van der Waals surface area contributed by atoms with E-state index in [4.69, 9.17) is 4.84 Å². The van der Waals surface area contributed by atoms with Crippen LogP contribution in [0.1, 0.15) is 28.3 Å². The van der Waals surface area contributed by atoms with Crippen LogP contribution in [0.3, 0.4) is 0 Å². The van der Waals surface area contributed by atoms with Crippen LogP contribution in [0.4, 0.5) is 0 Å². The lowest BCUT2D eigenvalue weighted by atomic mass is 10.0. The fourth-order valence-corrected chi connectivity index (χ4v) is 3.41. The van der Waals surface area contributed by atoms with Gasteiger partial charge < -0.3 is 15.1 Å². The molecular formula is C14H16N4O3S. The molecule has 22 heavy (non-hydrogen) atoms. The number of nitrogens with one attached hydrogen (secondary N) is 1. The summed E-state index contributed by atoms with van der Waals surface area (Å²) >= 11 is 1.45. The molecule has 0 bridgehead atoms. The summed E-state index contributed by atoms with van der Waals surface area (Å²) in [4.78, 5) is 35.9. The fraction of sp³-hybridized carbons (Fsp3) is 0.571. The number of aromatic nitrogens is 1. The molecular weight excluding hydrogens is 304 g/mol. The number of fused-ring (bicyclic) bond motifs is 1. The number of aryl methyl sites for hydroxylation is 1. The van der Waals surface area contributed by atoms with Crippen molar-refractivity contribution in [3.63, 3.8) is 0 Å². The highest BCUT2D eigenvalue weighted by Crippen LogP contribution is 2.29. The minimum Gasteiger partial charge on any atom is -0.389 e. The van der Waals surface area contributed by atoms with Crippen molar-refractivity contribution in [2.75, 3.05) is 13.1 Å². The Morgan fingerprint density at radius 3 is 2.91 bits per heavy atom. The average Bonchev–Trinajstić information content (AvgIpc) is 2.89. The minimum absolute atomic E-state index is 0.107. The highest BCUT2D eigenvalue weighted by Gasteiger charge is 2.47. The van der Waals surface area contributed by atoms with E-state index >= 15 is 0 Å². The molecule has 7 nitrogen and oxygen atoms in total. The maximum absolute atomic E-state index is 12.4. The summed E-state index contributed by atoms with van der Waals surface area (Å²) in [6, 6.07) is 0.284. The Kier molecular flexibility index (Phi) is 3.14. The first-order valence-electron chi connectivity index (χ1n) is 7.38. The van der Waals surface area contributed by atoms with Crippen molar-refractivity contribution in [2.24, 2.45) is 11.1 Å². The normalized spacial score (nSPS) is 26.4. The standard InChI is InChI=1S/C14H16N4O3S/c1-7-15-10(6-22-7)14(20)18-4-9-11(5-18)21-17-12(9)13(19)16-8-2-3-8/h6,8-9,11H,2-5H2,1H3,(H,16,19)/t9-,11+/m0/s1. The number of likely N-dealkylation sites (tertiary alicyclic amines) is 1. The van der Waals surface area contributed by atoms with E-state index in [9.17, 15) is 9.59 Å². The first-order valence-corrected chi connectivity index (χ1v) is 8.26. The topological polar surface area (TPSA) is 83.9 Å². The summed E-state index contributed by atoms with van der Waals surface area (Å²) in [6.45, 7) is 2.77. The molecule has 2 aliphatic heterocycles. The summed E-state index contributed by atoms with van der Waals surface area (Å²) < 4.78 is 0. The van der Waals surface area contributed by atoms with E-state index in [2.05, 4.69) is 15.5 Å². The molecule has 1 N–H and O–H groups in total. The van der Waals surface area contributed by atoms with Crippen molar-refractivity contribution < 1.29 is 14.4 Å². The zero-order chi connectivity index (χ0) is 15.3. The molecule has 1 aromatic heterocycles. The predicted octanol–water partition coefficient (Wildman–Crippen LogP) is 0.557. The van der Waals surface area contributed by atoms with Crippen molar-refractivity contribution in [2.45, 2.75) is 31.9 Å². The van der Waals surface area contributed by atoms with Gasteiger partial charge in [0, 0.05) is 18.0 Å². The number of thiazole rings is 1. The van der Waals surface area contributed by atoms with Crippen LogP contribution >= 0.6 is 11.3 Å². The molecule has 116 valence electrons. The van der Waals surface area contributed by atoms with Crippen LogP contribution in [0, 0.1) is 12.8 Å². The Balaban J connectivity index is 1.44. The van der Waals surface area contributed by atoms with Crippen LogP contribution in [0.5, 0.6) is 0 Å². The second-order valence-corrected chi connectivity index (χ2v) is 7.00. The van der Waals surface area contributed by atoms with Gasteiger partial charge in [-0.25, -0.2) is 4.98 Å². The number of amides is 2. The minimum atomic E-state index is -0.219. The largest absolute Gasteiger partial charge is 0.389 e. The van der Waals surface area contributed by atoms with Gasteiger partial charge in [-0.1, -0.05) is 5.16 Å². The van der Waals surface area contributed by atoms with Crippen LogP contribution in [0.15, 0.2) is 10.5 Å². The first kappa shape index (κ1) is 13.7. The van der Waals surface area contributed by atoms with Gasteiger partial charge in [0.2, 0.25) is 0 Å². The smallest absolute Gasteiger partial charge is 0.273 e. The van der Waals surface area contributed by atoms with E-state index in [1.165, 1.54) is 11.3 Å². The Morgan fingerprint density at radius 1 is 1.41 bits per heavy atom. The van der Waals surface area contributed by atoms with Crippen LogP contribution in [-0.2, 0) is 9.63 Å². The molecule has 0 unspecified atom stereocenters. The van der Waals surface area contributed by atoms with E-state index < -0.39 is 0 Å². The zero-order valence-electron chi connectivity index (χ0n) is 12.1. The Morgan fingerprint density at radius 2 is 2.23 bits per heavy atom.